The highest BCUT2D eigenvalue weighted by atomic mass is 32.1. The fraction of sp³-hybridized carbons (Fsp3) is 0.125. The van der Waals surface area contributed by atoms with Gasteiger partial charge in [-0.3, -0.25) is 9.59 Å². The van der Waals surface area contributed by atoms with Crippen molar-refractivity contribution in [1.82, 2.24) is 4.98 Å². The maximum absolute atomic E-state index is 12.9. The van der Waals surface area contributed by atoms with Crippen molar-refractivity contribution in [2.75, 3.05) is 17.4 Å². The van der Waals surface area contributed by atoms with Crippen LogP contribution in [-0.2, 0) is 11.2 Å². The number of hydrogen-bond donors (Lipinski definition) is 2. The van der Waals surface area contributed by atoms with Crippen molar-refractivity contribution < 1.29 is 23.5 Å². The molecule has 0 radical (unpaired) electrons. The van der Waals surface area contributed by atoms with Crippen molar-refractivity contribution >= 4 is 34.5 Å². The van der Waals surface area contributed by atoms with Gasteiger partial charge < -0.3 is 24.5 Å². The predicted molar refractivity (Wildman–Crippen MR) is 124 cm³/mol. The predicted octanol–water partition coefficient (Wildman–Crippen LogP) is 4.87. The number of aromatic nitrogens is 1. The summed E-state index contributed by atoms with van der Waals surface area (Å²) in [6, 6.07) is 15.7. The number of nitrogens with zero attached hydrogens (tertiary/aromatic N) is 1. The Morgan fingerprint density at radius 2 is 1.88 bits per heavy atom. The Hall–Kier alpha value is -4.11. The van der Waals surface area contributed by atoms with Crippen molar-refractivity contribution in [2.24, 2.45) is 0 Å². The number of ether oxygens (including phenoxy) is 2. The number of hydrogen-bond acceptors (Lipinski definition) is 7. The first kappa shape index (κ1) is 20.8. The molecule has 4 aromatic rings. The van der Waals surface area contributed by atoms with Gasteiger partial charge in [-0.2, -0.15) is 0 Å². The Morgan fingerprint density at radius 1 is 1.03 bits per heavy atom. The highest BCUT2D eigenvalue weighted by Crippen LogP contribution is 2.34. The highest BCUT2D eigenvalue weighted by Gasteiger charge is 2.18. The fourth-order valence-electron chi connectivity index (χ4n) is 3.37. The second kappa shape index (κ2) is 8.79. The van der Waals surface area contributed by atoms with Gasteiger partial charge in [0.2, 0.25) is 12.7 Å². The Balaban J connectivity index is 1.26. The van der Waals surface area contributed by atoms with E-state index in [-0.39, 0.29) is 25.0 Å². The number of anilines is 2. The molecule has 2 amide bonds. The molecular formula is C24H19N3O5S. The summed E-state index contributed by atoms with van der Waals surface area (Å²) < 4.78 is 16.2. The van der Waals surface area contributed by atoms with Gasteiger partial charge in [-0.1, -0.05) is 12.1 Å². The van der Waals surface area contributed by atoms with Crippen LogP contribution in [0.25, 0.3) is 10.8 Å². The van der Waals surface area contributed by atoms with Crippen molar-refractivity contribution in [3.63, 3.8) is 0 Å². The van der Waals surface area contributed by atoms with Crippen molar-refractivity contribution in [1.29, 1.82) is 0 Å². The highest BCUT2D eigenvalue weighted by molar-refractivity contribution is 7.13. The largest absolute Gasteiger partial charge is 0.459 e. The molecule has 0 unspecified atom stereocenters. The van der Waals surface area contributed by atoms with E-state index in [0.29, 0.717) is 39.9 Å². The number of nitrogens with one attached hydrogen (secondary N) is 2. The first-order valence-corrected chi connectivity index (χ1v) is 11.0. The van der Waals surface area contributed by atoms with Crippen molar-refractivity contribution in [3.05, 3.63) is 77.0 Å². The molecular weight excluding hydrogens is 442 g/mol. The van der Waals surface area contributed by atoms with Crippen LogP contribution in [-0.4, -0.2) is 23.6 Å². The Labute approximate surface area is 193 Å². The maximum Gasteiger partial charge on any atom is 0.257 e. The lowest BCUT2D eigenvalue weighted by atomic mass is 10.1. The number of carbonyl (C=O) groups excluding carboxylic acids is 2. The standard InChI is InChI=1S/C24H19N3O5S/c1-14-6-8-20(32-14)24-26-16(12-33-24)11-22(28)27-18-5-3-2-4-17(18)23(29)25-15-7-9-19-21(10-15)31-13-30-19/h2-10,12H,11,13H2,1H3,(H,25,29)(H,27,28). The van der Waals surface area contributed by atoms with Gasteiger partial charge in [0.25, 0.3) is 5.91 Å². The summed E-state index contributed by atoms with van der Waals surface area (Å²) in [4.78, 5) is 30.0. The molecule has 0 spiro atoms. The molecule has 2 N–H and O–H groups in total. The zero-order valence-electron chi connectivity index (χ0n) is 17.6. The van der Waals surface area contributed by atoms with E-state index in [2.05, 4.69) is 15.6 Å². The lowest BCUT2D eigenvalue weighted by Crippen LogP contribution is -2.19. The molecule has 3 heterocycles. The molecule has 1 aliphatic heterocycles. The van der Waals surface area contributed by atoms with Crippen molar-refractivity contribution in [3.8, 4) is 22.3 Å². The summed E-state index contributed by atoms with van der Waals surface area (Å²) in [5, 5.41) is 8.19. The van der Waals surface area contributed by atoms with Crippen LogP contribution in [0.4, 0.5) is 11.4 Å². The quantitative estimate of drug-likeness (QED) is 0.425. The van der Waals surface area contributed by atoms with Gasteiger partial charge in [-0.15, -0.1) is 11.3 Å². The zero-order valence-corrected chi connectivity index (χ0v) is 18.4. The minimum absolute atomic E-state index is 0.0777. The second-order valence-corrected chi connectivity index (χ2v) is 8.21. The topological polar surface area (TPSA) is 103 Å². The number of benzene rings is 2. The molecule has 0 aliphatic carbocycles. The Morgan fingerprint density at radius 3 is 2.73 bits per heavy atom. The van der Waals surface area contributed by atoms with Gasteiger partial charge in [-0.05, 0) is 43.3 Å². The van der Waals surface area contributed by atoms with E-state index in [1.54, 1.807) is 42.5 Å². The Kier molecular flexibility index (Phi) is 5.54. The number of carbonyl (C=O) groups is 2. The summed E-state index contributed by atoms with van der Waals surface area (Å²) >= 11 is 1.41. The molecule has 166 valence electrons. The zero-order chi connectivity index (χ0) is 22.8. The van der Waals surface area contributed by atoms with Gasteiger partial charge >= 0.3 is 0 Å². The number of rotatable bonds is 6. The minimum atomic E-state index is -0.353. The van der Waals surface area contributed by atoms with E-state index < -0.39 is 0 Å². The van der Waals surface area contributed by atoms with E-state index in [4.69, 9.17) is 13.9 Å². The molecule has 5 rings (SSSR count). The molecule has 0 saturated carbocycles. The van der Waals surface area contributed by atoms with E-state index in [1.807, 2.05) is 24.4 Å². The lowest BCUT2D eigenvalue weighted by molar-refractivity contribution is -0.115. The van der Waals surface area contributed by atoms with E-state index >= 15 is 0 Å². The van der Waals surface area contributed by atoms with E-state index in [1.165, 1.54) is 11.3 Å². The minimum Gasteiger partial charge on any atom is -0.459 e. The third-order valence-corrected chi connectivity index (χ3v) is 5.83. The number of fused-ring (bicyclic) bond motifs is 1. The SMILES string of the molecule is Cc1ccc(-c2nc(CC(=O)Nc3ccccc3C(=O)Nc3ccc4c(c3)OCO4)cs2)o1. The third-order valence-electron chi connectivity index (χ3n) is 4.92. The van der Waals surface area contributed by atoms with Gasteiger partial charge in [0.05, 0.1) is 23.4 Å². The molecule has 1 aliphatic rings. The summed E-state index contributed by atoms with van der Waals surface area (Å²) in [6.45, 7) is 2.02. The van der Waals surface area contributed by atoms with E-state index in [9.17, 15) is 9.59 Å². The monoisotopic (exact) mass is 461 g/mol. The third kappa shape index (κ3) is 4.58. The molecule has 0 atom stereocenters. The lowest BCUT2D eigenvalue weighted by Gasteiger charge is -2.11. The van der Waals surface area contributed by atoms with Crippen LogP contribution in [0, 0.1) is 6.92 Å². The van der Waals surface area contributed by atoms with Crippen LogP contribution >= 0.6 is 11.3 Å². The Bertz CT molecular complexity index is 1340. The number of para-hydroxylation sites is 1. The summed E-state index contributed by atoms with van der Waals surface area (Å²) in [5.74, 6) is 2.05. The van der Waals surface area contributed by atoms with Crippen LogP contribution in [0.1, 0.15) is 21.8 Å². The van der Waals surface area contributed by atoms with Crippen LogP contribution in [0.3, 0.4) is 0 Å². The van der Waals surface area contributed by atoms with Gasteiger partial charge in [0, 0.05) is 17.1 Å². The smallest absolute Gasteiger partial charge is 0.257 e. The van der Waals surface area contributed by atoms with Gasteiger partial charge in [-0.25, -0.2) is 4.98 Å². The molecule has 8 nitrogen and oxygen atoms in total. The number of aryl methyl sites for hydroxylation is 1. The molecule has 33 heavy (non-hydrogen) atoms. The van der Waals surface area contributed by atoms with Gasteiger partial charge in [0.15, 0.2) is 22.3 Å². The molecule has 0 saturated heterocycles. The molecule has 2 aromatic carbocycles. The van der Waals surface area contributed by atoms with Crippen LogP contribution in [0.15, 0.2) is 64.4 Å². The number of thiazole rings is 1. The maximum atomic E-state index is 12.9. The average Bonchev–Trinajstić information content (AvgIpc) is 3.54. The molecule has 0 fully saturated rings. The second-order valence-electron chi connectivity index (χ2n) is 7.35. The number of furan rings is 1. The molecule has 0 bridgehead atoms. The van der Waals surface area contributed by atoms with Crippen LogP contribution < -0.4 is 20.1 Å². The van der Waals surface area contributed by atoms with Crippen LogP contribution in [0.2, 0.25) is 0 Å². The van der Waals surface area contributed by atoms with E-state index in [0.717, 1.165) is 10.8 Å². The van der Waals surface area contributed by atoms with Crippen molar-refractivity contribution in [2.45, 2.75) is 13.3 Å². The molecule has 2 aromatic heterocycles. The number of amides is 2. The fourth-order valence-corrected chi connectivity index (χ4v) is 4.15. The summed E-state index contributed by atoms with van der Waals surface area (Å²) in [6.07, 6.45) is 0.0777. The normalized spacial score (nSPS) is 11.9. The summed E-state index contributed by atoms with van der Waals surface area (Å²) in [7, 11) is 0. The van der Waals surface area contributed by atoms with Gasteiger partial charge in [0.1, 0.15) is 5.76 Å². The van der Waals surface area contributed by atoms with Crippen LogP contribution in [0.5, 0.6) is 11.5 Å². The first-order valence-electron chi connectivity index (χ1n) is 10.2. The summed E-state index contributed by atoms with van der Waals surface area (Å²) in [5.41, 5.74) is 1.95. The average molecular weight is 461 g/mol. The molecule has 9 heteroatoms. The first-order chi connectivity index (χ1) is 16.0.